The number of halogens is 2. The van der Waals surface area contributed by atoms with Gasteiger partial charge in [-0.25, -0.2) is 4.39 Å². The third-order valence-electron chi connectivity index (χ3n) is 2.20. The summed E-state index contributed by atoms with van der Waals surface area (Å²) in [6, 6.07) is 0. The molecule has 0 aliphatic carbocycles. The van der Waals surface area contributed by atoms with Crippen molar-refractivity contribution in [1.82, 2.24) is 9.78 Å². The molecule has 0 bridgehead atoms. The molecule has 0 fully saturated rings. The number of aromatic nitrogens is 2. The predicted octanol–water partition coefficient (Wildman–Crippen LogP) is 1.61. The highest BCUT2D eigenvalue weighted by Gasteiger charge is 2.33. The van der Waals surface area contributed by atoms with E-state index in [1.54, 1.807) is 14.0 Å². The first-order valence-corrected chi connectivity index (χ1v) is 4.50. The molecule has 1 aromatic heterocycles. The zero-order valence-corrected chi connectivity index (χ0v) is 8.48. The van der Waals surface area contributed by atoms with E-state index in [0.717, 1.165) is 0 Å². The molecule has 3 nitrogen and oxygen atoms in total. The Hall–Kier alpha value is -0.610. The highest BCUT2D eigenvalue weighted by molar-refractivity contribution is 6.31. The van der Waals surface area contributed by atoms with Crippen LogP contribution in [0.4, 0.5) is 4.39 Å². The number of nitrogens with zero attached hydrogens (tertiary/aromatic N) is 2. The minimum atomic E-state index is -1.57. The van der Waals surface area contributed by atoms with Gasteiger partial charge in [0.15, 0.2) is 5.67 Å². The van der Waals surface area contributed by atoms with Gasteiger partial charge < -0.3 is 5.73 Å². The van der Waals surface area contributed by atoms with Crippen molar-refractivity contribution in [1.29, 1.82) is 0 Å². The van der Waals surface area contributed by atoms with Crippen molar-refractivity contribution in [2.24, 2.45) is 12.8 Å². The summed E-state index contributed by atoms with van der Waals surface area (Å²) in [7, 11) is 1.65. The van der Waals surface area contributed by atoms with Crippen molar-refractivity contribution in [3.63, 3.8) is 0 Å². The van der Waals surface area contributed by atoms with Gasteiger partial charge in [-0.1, -0.05) is 18.5 Å². The van der Waals surface area contributed by atoms with Crippen molar-refractivity contribution < 1.29 is 4.39 Å². The van der Waals surface area contributed by atoms with Gasteiger partial charge in [0, 0.05) is 13.6 Å². The third-order valence-corrected chi connectivity index (χ3v) is 2.48. The lowest BCUT2D eigenvalue weighted by molar-refractivity contribution is 0.156. The van der Waals surface area contributed by atoms with Crippen LogP contribution in [0.15, 0.2) is 6.20 Å². The number of alkyl halides is 1. The van der Waals surface area contributed by atoms with Gasteiger partial charge in [-0.3, -0.25) is 4.68 Å². The molecule has 0 radical (unpaired) electrons. The molecule has 13 heavy (non-hydrogen) atoms. The van der Waals surface area contributed by atoms with Gasteiger partial charge in [0.2, 0.25) is 0 Å². The Bertz CT molecular complexity index is 274. The lowest BCUT2D eigenvalue weighted by Gasteiger charge is -2.22. The molecule has 0 aliphatic heterocycles. The molecular weight excluding hydrogens is 193 g/mol. The Balaban J connectivity index is 3.18. The van der Waals surface area contributed by atoms with Gasteiger partial charge in [-0.05, 0) is 6.42 Å². The largest absolute Gasteiger partial charge is 0.327 e. The molecule has 1 aromatic rings. The summed E-state index contributed by atoms with van der Waals surface area (Å²) in [5.74, 6) is 0. The molecule has 0 spiro atoms. The van der Waals surface area contributed by atoms with Gasteiger partial charge in [-0.2, -0.15) is 5.10 Å². The fourth-order valence-electron chi connectivity index (χ4n) is 1.32. The minimum Gasteiger partial charge on any atom is -0.327 e. The molecule has 0 saturated heterocycles. The van der Waals surface area contributed by atoms with Crippen LogP contribution in [0.3, 0.4) is 0 Å². The average molecular weight is 206 g/mol. The molecule has 1 heterocycles. The van der Waals surface area contributed by atoms with E-state index < -0.39 is 5.67 Å². The van der Waals surface area contributed by atoms with Crippen LogP contribution in [0.1, 0.15) is 19.0 Å². The van der Waals surface area contributed by atoms with Gasteiger partial charge in [0.25, 0.3) is 0 Å². The summed E-state index contributed by atoms with van der Waals surface area (Å²) in [4.78, 5) is 0. The fourth-order valence-corrected chi connectivity index (χ4v) is 1.66. The Kier molecular flexibility index (Phi) is 2.93. The lowest BCUT2D eigenvalue weighted by Crippen LogP contribution is -2.32. The topological polar surface area (TPSA) is 43.8 Å². The second-order valence-electron chi connectivity index (χ2n) is 2.99. The molecular formula is C8H13ClFN3. The highest BCUT2D eigenvalue weighted by Crippen LogP contribution is 2.33. The Morgan fingerprint density at radius 1 is 1.77 bits per heavy atom. The molecule has 1 unspecified atom stereocenters. The van der Waals surface area contributed by atoms with E-state index in [9.17, 15) is 4.39 Å². The molecule has 5 heteroatoms. The number of hydrogen-bond acceptors (Lipinski definition) is 2. The van der Waals surface area contributed by atoms with Crippen LogP contribution in [-0.4, -0.2) is 16.3 Å². The standard InChI is InChI=1S/C8H13ClFN3/c1-3-8(10,5-11)7-6(9)4-12-13(7)2/h4H,3,5,11H2,1-2H3. The van der Waals surface area contributed by atoms with Gasteiger partial charge in [0.1, 0.15) is 0 Å². The molecule has 74 valence electrons. The minimum absolute atomic E-state index is 0.0806. The lowest BCUT2D eigenvalue weighted by atomic mass is 9.99. The first kappa shape index (κ1) is 10.5. The monoisotopic (exact) mass is 205 g/mol. The summed E-state index contributed by atoms with van der Waals surface area (Å²) in [5, 5.41) is 4.20. The van der Waals surface area contributed by atoms with Crippen LogP contribution < -0.4 is 5.73 Å². The van der Waals surface area contributed by atoms with Gasteiger partial charge in [-0.15, -0.1) is 0 Å². The Morgan fingerprint density at radius 3 is 2.69 bits per heavy atom. The van der Waals surface area contributed by atoms with E-state index in [-0.39, 0.29) is 6.54 Å². The van der Waals surface area contributed by atoms with Crippen LogP contribution in [-0.2, 0) is 12.7 Å². The van der Waals surface area contributed by atoms with Crippen molar-refractivity contribution in [2.75, 3.05) is 6.54 Å². The maximum atomic E-state index is 14.1. The van der Waals surface area contributed by atoms with Crippen molar-refractivity contribution in [3.05, 3.63) is 16.9 Å². The molecule has 1 rings (SSSR count). The van der Waals surface area contributed by atoms with E-state index in [2.05, 4.69) is 5.10 Å². The Morgan fingerprint density at radius 2 is 2.38 bits per heavy atom. The first-order chi connectivity index (χ1) is 6.05. The summed E-state index contributed by atoms with van der Waals surface area (Å²) >= 11 is 5.81. The van der Waals surface area contributed by atoms with E-state index in [0.29, 0.717) is 17.1 Å². The van der Waals surface area contributed by atoms with E-state index >= 15 is 0 Å². The molecule has 2 N–H and O–H groups in total. The van der Waals surface area contributed by atoms with E-state index in [1.807, 2.05) is 0 Å². The van der Waals surface area contributed by atoms with Crippen LogP contribution in [0.5, 0.6) is 0 Å². The smallest absolute Gasteiger partial charge is 0.165 e. The zero-order chi connectivity index (χ0) is 10.1. The summed E-state index contributed by atoms with van der Waals surface area (Å²) in [5.41, 5.74) is 4.16. The summed E-state index contributed by atoms with van der Waals surface area (Å²) in [6.07, 6.45) is 1.72. The van der Waals surface area contributed by atoms with Crippen LogP contribution in [0.25, 0.3) is 0 Å². The average Bonchev–Trinajstić information content (AvgIpc) is 2.46. The number of aryl methyl sites for hydroxylation is 1. The second kappa shape index (κ2) is 3.64. The summed E-state index contributed by atoms with van der Waals surface area (Å²) in [6.45, 7) is 1.65. The van der Waals surface area contributed by atoms with Crippen molar-refractivity contribution in [2.45, 2.75) is 19.0 Å². The number of rotatable bonds is 3. The van der Waals surface area contributed by atoms with Crippen LogP contribution in [0, 0.1) is 0 Å². The maximum Gasteiger partial charge on any atom is 0.165 e. The second-order valence-corrected chi connectivity index (χ2v) is 3.39. The molecule has 0 saturated carbocycles. The first-order valence-electron chi connectivity index (χ1n) is 4.12. The Labute approximate surface area is 81.7 Å². The zero-order valence-electron chi connectivity index (χ0n) is 7.72. The quantitative estimate of drug-likeness (QED) is 0.815. The van der Waals surface area contributed by atoms with Crippen LogP contribution in [0.2, 0.25) is 5.02 Å². The maximum absolute atomic E-state index is 14.1. The summed E-state index contributed by atoms with van der Waals surface area (Å²) < 4.78 is 15.5. The number of hydrogen-bond donors (Lipinski definition) is 1. The van der Waals surface area contributed by atoms with E-state index in [4.69, 9.17) is 17.3 Å². The highest BCUT2D eigenvalue weighted by atomic mass is 35.5. The normalized spacial score (nSPS) is 15.8. The van der Waals surface area contributed by atoms with Gasteiger partial charge >= 0.3 is 0 Å². The molecule has 0 aliphatic rings. The van der Waals surface area contributed by atoms with Crippen LogP contribution >= 0.6 is 11.6 Å². The van der Waals surface area contributed by atoms with Gasteiger partial charge in [0.05, 0.1) is 16.9 Å². The predicted molar refractivity (Wildman–Crippen MR) is 50.3 cm³/mol. The SMILES string of the molecule is CCC(F)(CN)c1c(Cl)cnn1C. The molecule has 0 amide bonds. The molecule has 1 atom stereocenters. The number of nitrogens with two attached hydrogens (primary N) is 1. The van der Waals surface area contributed by atoms with Crippen molar-refractivity contribution in [3.8, 4) is 0 Å². The molecule has 0 aromatic carbocycles. The van der Waals surface area contributed by atoms with Crippen molar-refractivity contribution >= 4 is 11.6 Å². The van der Waals surface area contributed by atoms with E-state index in [1.165, 1.54) is 10.9 Å². The fraction of sp³-hybridized carbons (Fsp3) is 0.625. The third kappa shape index (κ3) is 1.69.